The van der Waals surface area contributed by atoms with Crippen LogP contribution in [0.3, 0.4) is 0 Å². The van der Waals surface area contributed by atoms with E-state index in [0.717, 1.165) is 23.3 Å². The molecule has 1 aromatic heterocycles. The summed E-state index contributed by atoms with van der Waals surface area (Å²) in [5, 5.41) is 5.34. The van der Waals surface area contributed by atoms with E-state index < -0.39 is 10.0 Å². The van der Waals surface area contributed by atoms with Crippen LogP contribution in [0.25, 0.3) is 0 Å². The fourth-order valence-electron chi connectivity index (χ4n) is 2.23. The molecular weight excluding hydrogens is 292 g/mol. The molecule has 1 heterocycles. The minimum absolute atomic E-state index is 0.184. The highest BCUT2D eigenvalue weighted by atomic mass is 32.2. The molecule has 0 radical (unpaired) electrons. The van der Waals surface area contributed by atoms with Gasteiger partial charge in [-0.1, -0.05) is 6.92 Å². The van der Waals surface area contributed by atoms with Crippen molar-refractivity contribution in [2.75, 3.05) is 6.54 Å². The second kappa shape index (κ2) is 5.09. The quantitative estimate of drug-likeness (QED) is 0.812. The zero-order chi connectivity index (χ0) is 14.4. The lowest BCUT2D eigenvalue weighted by molar-refractivity contribution is 0.529. The van der Waals surface area contributed by atoms with Gasteiger partial charge < -0.3 is 5.32 Å². The molecule has 112 valence electrons. The van der Waals surface area contributed by atoms with Crippen LogP contribution in [0.4, 0.5) is 0 Å². The van der Waals surface area contributed by atoms with Gasteiger partial charge >= 0.3 is 0 Å². The van der Waals surface area contributed by atoms with Crippen LogP contribution >= 0.6 is 11.3 Å². The zero-order valence-electron chi connectivity index (χ0n) is 12.0. The highest BCUT2D eigenvalue weighted by Crippen LogP contribution is 2.44. The first-order valence-corrected chi connectivity index (χ1v) is 9.56. The highest BCUT2D eigenvalue weighted by molar-refractivity contribution is 7.89. The second-order valence-electron chi connectivity index (χ2n) is 6.46. The van der Waals surface area contributed by atoms with Crippen LogP contribution in [-0.2, 0) is 16.6 Å². The van der Waals surface area contributed by atoms with Crippen molar-refractivity contribution in [3.8, 4) is 0 Å². The summed E-state index contributed by atoms with van der Waals surface area (Å²) in [7, 11) is -3.38. The summed E-state index contributed by atoms with van der Waals surface area (Å²) < 4.78 is 27.9. The van der Waals surface area contributed by atoms with Crippen molar-refractivity contribution in [2.45, 2.75) is 57.0 Å². The van der Waals surface area contributed by atoms with E-state index in [4.69, 9.17) is 0 Å². The highest BCUT2D eigenvalue weighted by Gasteiger charge is 2.38. The van der Waals surface area contributed by atoms with Crippen LogP contribution in [-0.4, -0.2) is 21.0 Å². The smallest absolute Gasteiger partial charge is 0.242 e. The second-order valence-corrected chi connectivity index (χ2v) is 9.13. The molecule has 20 heavy (non-hydrogen) atoms. The SMILES string of the molecule is Cc1csc(CNC2CC2)c1S(=O)(=O)NCC1(C)CC1. The maximum atomic E-state index is 12.5. The minimum atomic E-state index is -3.38. The summed E-state index contributed by atoms with van der Waals surface area (Å²) in [5.74, 6) is 0. The van der Waals surface area contributed by atoms with Crippen molar-refractivity contribution in [1.29, 1.82) is 0 Å². The molecule has 6 heteroatoms. The van der Waals surface area contributed by atoms with Gasteiger partial charge in [0.1, 0.15) is 4.90 Å². The fourth-order valence-corrected chi connectivity index (χ4v) is 5.18. The Morgan fingerprint density at radius 2 is 2.10 bits per heavy atom. The fraction of sp³-hybridized carbons (Fsp3) is 0.714. The van der Waals surface area contributed by atoms with Crippen LogP contribution in [0, 0.1) is 12.3 Å². The normalized spacial score (nSPS) is 21.1. The molecule has 2 aliphatic rings. The maximum absolute atomic E-state index is 12.5. The van der Waals surface area contributed by atoms with E-state index in [0.29, 0.717) is 24.0 Å². The van der Waals surface area contributed by atoms with E-state index in [9.17, 15) is 8.42 Å². The Labute approximate surface area is 125 Å². The van der Waals surface area contributed by atoms with E-state index in [2.05, 4.69) is 17.0 Å². The minimum Gasteiger partial charge on any atom is -0.309 e. The van der Waals surface area contributed by atoms with Gasteiger partial charge in [-0.25, -0.2) is 13.1 Å². The molecule has 2 aliphatic carbocycles. The van der Waals surface area contributed by atoms with Crippen molar-refractivity contribution >= 4 is 21.4 Å². The lowest BCUT2D eigenvalue weighted by Crippen LogP contribution is -2.30. The average Bonchev–Trinajstić information content (AvgIpc) is 3.29. The predicted octanol–water partition coefficient (Wildman–Crippen LogP) is 2.39. The molecule has 4 nitrogen and oxygen atoms in total. The summed E-state index contributed by atoms with van der Waals surface area (Å²) in [6.45, 7) is 5.23. The van der Waals surface area contributed by atoms with Crippen LogP contribution in [0.2, 0.25) is 0 Å². The molecule has 0 aromatic carbocycles. The molecule has 0 unspecified atom stereocenters. The number of nitrogens with one attached hydrogen (secondary N) is 2. The van der Waals surface area contributed by atoms with Gasteiger partial charge in [0, 0.05) is 24.0 Å². The van der Waals surface area contributed by atoms with Gasteiger partial charge in [0.2, 0.25) is 10.0 Å². The van der Waals surface area contributed by atoms with E-state index >= 15 is 0 Å². The number of hydrogen-bond donors (Lipinski definition) is 2. The van der Waals surface area contributed by atoms with Crippen molar-refractivity contribution in [2.24, 2.45) is 5.41 Å². The van der Waals surface area contributed by atoms with E-state index in [1.165, 1.54) is 12.8 Å². The number of thiophene rings is 1. The number of rotatable bonds is 7. The lowest BCUT2D eigenvalue weighted by atomic mass is 10.2. The summed E-state index contributed by atoms with van der Waals surface area (Å²) in [4.78, 5) is 1.43. The molecule has 2 fully saturated rings. The third-order valence-electron chi connectivity index (χ3n) is 4.18. The van der Waals surface area contributed by atoms with Crippen LogP contribution < -0.4 is 10.0 Å². The summed E-state index contributed by atoms with van der Waals surface area (Å²) in [6, 6.07) is 0.589. The van der Waals surface area contributed by atoms with Crippen LogP contribution in [0.1, 0.15) is 43.0 Å². The molecule has 0 saturated heterocycles. The van der Waals surface area contributed by atoms with Gasteiger partial charge in [0.25, 0.3) is 0 Å². The van der Waals surface area contributed by atoms with Gasteiger partial charge in [-0.15, -0.1) is 11.3 Å². The molecule has 3 rings (SSSR count). The van der Waals surface area contributed by atoms with Crippen LogP contribution in [0.5, 0.6) is 0 Å². The molecule has 2 saturated carbocycles. The Kier molecular flexibility index (Phi) is 3.69. The van der Waals surface area contributed by atoms with E-state index in [1.807, 2.05) is 12.3 Å². The Bertz CT molecular complexity index is 599. The Hall–Kier alpha value is -0.430. The molecule has 0 bridgehead atoms. The molecule has 2 N–H and O–H groups in total. The zero-order valence-corrected chi connectivity index (χ0v) is 13.7. The van der Waals surface area contributed by atoms with Gasteiger partial charge in [-0.05, 0) is 49.0 Å². The Morgan fingerprint density at radius 1 is 1.40 bits per heavy atom. The topological polar surface area (TPSA) is 58.2 Å². The predicted molar refractivity (Wildman–Crippen MR) is 81.4 cm³/mol. The number of aryl methyl sites for hydroxylation is 1. The lowest BCUT2D eigenvalue weighted by Gasteiger charge is -2.12. The Balaban J connectivity index is 1.74. The number of hydrogen-bond acceptors (Lipinski definition) is 4. The van der Waals surface area contributed by atoms with Crippen molar-refractivity contribution in [3.05, 3.63) is 15.8 Å². The molecule has 0 aliphatic heterocycles. The Morgan fingerprint density at radius 3 is 2.70 bits per heavy atom. The number of sulfonamides is 1. The first-order chi connectivity index (χ1) is 9.40. The van der Waals surface area contributed by atoms with E-state index in [1.54, 1.807) is 11.3 Å². The monoisotopic (exact) mass is 314 g/mol. The molecule has 0 spiro atoms. The molecule has 0 amide bonds. The van der Waals surface area contributed by atoms with Gasteiger partial charge in [-0.3, -0.25) is 0 Å². The molecule has 1 aromatic rings. The molecular formula is C14H22N2O2S2. The van der Waals surface area contributed by atoms with Gasteiger partial charge in [-0.2, -0.15) is 0 Å². The van der Waals surface area contributed by atoms with Crippen molar-refractivity contribution in [1.82, 2.24) is 10.0 Å². The third-order valence-corrected chi connectivity index (χ3v) is 7.04. The molecule has 0 atom stereocenters. The van der Waals surface area contributed by atoms with E-state index in [-0.39, 0.29) is 5.41 Å². The van der Waals surface area contributed by atoms with Gasteiger partial charge in [0.05, 0.1) is 0 Å². The largest absolute Gasteiger partial charge is 0.309 e. The first-order valence-electron chi connectivity index (χ1n) is 7.20. The average molecular weight is 314 g/mol. The van der Waals surface area contributed by atoms with Crippen LogP contribution in [0.15, 0.2) is 10.3 Å². The maximum Gasteiger partial charge on any atom is 0.242 e. The van der Waals surface area contributed by atoms with Crippen molar-refractivity contribution < 1.29 is 8.42 Å². The first kappa shape index (κ1) is 14.5. The third kappa shape index (κ3) is 3.24. The summed E-state index contributed by atoms with van der Waals surface area (Å²) >= 11 is 1.54. The standard InChI is InChI=1S/C14H22N2O2S2/c1-10-8-19-12(7-15-11-3-4-11)13(10)20(17,18)16-9-14(2)5-6-14/h8,11,15-16H,3-7,9H2,1-2H3. The van der Waals surface area contributed by atoms with Crippen molar-refractivity contribution in [3.63, 3.8) is 0 Å². The summed E-state index contributed by atoms with van der Waals surface area (Å²) in [6.07, 6.45) is 4.66. The van der Waals surface area contributed by atoms with Gasteiger partial charge in [0.15, 0.2) is 0 Å². The summed E-state index contributed by atoms with van der Waals surface area (Å²) in [5.41, 5.74) is 1.04.